The molecule has 344 valence electrons. The summed E-state index contributed by atoms with van der Waals surface area (Å²) in [6.45, 7) is 9.02. The van der Waals surface area contributed by atoms with Crippen molar-refractivity contribution in [2.75, 3.05) is 13.2 Å². The van der Waals surface area contributed by atoms with E-state index in [-0.39, 0.29) is 31.1 Å². The molecule has 58 heavy (non-hydrogen) atoms. The fourth-order valence-corrected chi connectivity index (χ4v) is 7.86. The molecule has 0 radical (unpaired) electrons. The van der Waals surface area contributed by atoms with Gasteiger partial charge in [0.15, 0.2) is 6.10 Å². The second-order valence-electron chi connectivity index (χ2n) is 18.3. The molecule has 6 nitrogen and oxygen atoms in total. The van der Waals surface area contributed by atoms with Gasteiger partial charge in [-0.15, -0.1) is 0 Å². The van der Waals surface area contributed by atoms with Gasteiger partial charge in [0.25, 0.3) is 0 Å². The Morgan fingerprint density at radius 3 is 0.845 bits per heavy atom. The summed E-state index contributed by atoms with van der Waals surface area (Å²) in [6, 6.07) is 0. The largest absolute Gasteiger partial charge is 0.462 e. The van der Waals surface area contributed by atoms with Gasteiger partial charge in [-0.25, -0.2) is 0 Å². The zero-order valence-corrected chi connectivity index (χ0v) is 39.5. The lowest BCUT2D eigenvalue weighted by Crippen LogP contribution is -2.30. The van der Waals surface area contributed by atoms with Gasteiger partial charge in [-0.1, -0.05) is 252 Å². The van der Waals surface area contributed by atoms with Gasteiger partial charge in [0.2, 0.25) is 0 Å². The molecule has 0 saturated carbocycles. The van der Waals surface area contributed by atoms with Crippen LogP contribution in [-0.4, -0.2) is 37.2 Å². The molecular weight excluding hydrogens is 721 g/mol. The predicted octanol–water partition coefficient (Wildman–Crippen LogP) is 16.7. The lowest BCUT2D eigenvalue weighted by atomic mass is 10.0. The van der Waals surface area contributed by atoms with Crippen LogP contribution >= 0.6 is 0 Å². The van der Waals surface area contributed by atoms with Gasteiger partial charge in [-0.05, 0) is 25.2 Å². The van der Waals surface area contributed by atoms with E-state index in [4.69, 9.17) is 14.2 Å². The van der Waals surface area contributed by atoms with Crippen LogP contribution < -0.4 is 0 Å². The smallest absolute Gasteiger partial charge is 0.306 e. The zero-order chi connectivity index (χ0) is 42.4. The molecule has 0 amide bonds. The maximum absolute atomic E-state index is 12.7. The highest BCUT2D eigenvalue weighted by atomic mass is 16.6. The minimum Gasteiger partial charge on any atom is -0.462 e. The Kier molecular flexibility index (Phi) is 45.2. The van der Waals surface area contributed by atoms with Crippen molar-refractivity contribution >= 4 is 17.9 Å². The highest BCUT2D eigenvalue weighted by molar-refractivity contribution is 5.71. The molecule has 0 N–H and O–H groups in total. The molecule has 0 aliphatic heterocycles. The standard InChI is InChI=1S/C52H100O6/c1-5-7-9-11-13-15-17-20-24-28-31-35-39-43-50(53)56-46-49(58-52(55)45-41-37-33-27-16-14-12-10-8-6-2)47-57-51(54)44-40-36-32-29-25-22-19-18-21-23-26-30-34-38-42-48(3)4/h48-49H,5-47H2,1-4H3/t49-/m0/s1. The molecule has 0 bridgehead atoms. The fraction of sp³-hybridized carbons (Fsp3) is 0.942. The van der Waals surface area contributed by atoms with Gasteiger partial charge >= 0.3 is 17.9 Å². The summed E-state index contributed by atoms with van der Waals surface area (Å²) in [4.78, 5) is 37.9. The number of hydrogen-bond acceptors (Lipinski definition) is 6. The number of esters is 3. The monoisotopic (exact) mass is 821 g/mol. The first-order chi connectivity index (χ1) is 28.4. The van der Waals surface area contributed by atoms with E-state index in [9.17, 15) is 14.4 Å². The minimum atomic E-state index is -0.759. The summed E-state index contributed by atoms with van der Waals surface area (Å²) in [5, 5.41) is 0. The van der Waals surface area contributed by atoms with E-state index < -0.39 is 6.10 Å². The molecule has 0 aromatic rings. The SMILES string of the molecule is CCCCCCCCCCCCCCCC(=O)OC[C@@H](COC(=O)CCCCCCCCCCCCCCCCC(C)C)OC(=O)CCCCCCCCCCCC. The van der Waals surface area contributed by atoms with Gasteiger partial charge in [0.05, 0.1) is 0 Å². The molecule has 0 aromatic carbocycles. The van der Waals surface area contributed by atoms with Crippen molar-refractivity contribution in [2.24, 2.45) is 5.92 Å². The molecule has 6 heteroatoms. The normalized spacial score (nSPS) is 11.9. The van der Waals surface area contributed by atoms with E-state index in [0.717, 1.165) is 63.7 Å². The van der Waals surface area contributed by atoms with Crippen molar-refractivity contribution in [2.45, 2.75) is 297 Å². The Labute approximate surface area is 361 Å². The summed E-state index contributed by atoms with van der Waals surface area (Å²) in [5.74, 6) is -0.000593. The Balaban J connectivity index is 4.25. The molecule has 0 fully saturated rings. The number of unbranched alkanes of at least 4 members (excludes halogenated alkanes) is 34. The number of carbonyl (C=O) groups is 3. The highest BCUT2D eigenvalue weighted by Crippen LogP contribution is 2.17. The molecule has 0 rings (SSSR count). The minimum absolute atomic E-state index is 0.0627. The zero-order valence-electron chi connectivity index (χ0n) is 39.5. The number of ether oxygens (including phenoxy) is 3. The molecule has 0 unspecified atom stereocenters. The van der Waals surface area contributed by atoms with Crippen LogP contribution in [0.4, 0.5) is 0 Å². The summed E-state index contributed by atoms with van der Waals surface area (Å²) in [7, 11) is 0. The highest BCUT2D eigenvalue weighted by Gasteiger charge is 2.19. The summed E-state index contributed by atoms with van der Waals surface area (Å²) < 4.78 is 16.8. The number of carbonyl (C=O) groups excluding carboxylic acids is 3. The first-order valence-electron chi connectivity index (χ1n) is 25.9. The molecule has 0 aromatic heterocycles. The molecule has 0 heterocycles. The third kappa shape index (κ3) is 45.5. The van der Waals surface area contributed by atoms with E-state index in [1.165, 1.54) is 186 Å². The van der Waals surface area contributed by atoms with Crippen LogP contribution in [0.1, 0.15) is 291 Å². The van der Waals surface area contributed by atoms with E-state index in [1.54, 1.807) is 0 Å². The van der Waals surface area contributed by atoms with E-state index in [2.05, 4.69) is 27.7 Å². The van der Waals surface area contributed by atoms with Crippen LogP contribution in [0.15, 0.2) is 0 Å². The summed E-state index contributed by atoms with van der Waals surface area (Å²) >= 11 is 0. The Morgan fingerprint density at radius 1 is 0.328 bits per heavy atom. The first-order valence-corrected chi connectivity index (χ1v) is 25.9. The molecule has 0 aliphatic rings. The Bertz CT molecular complexity index is 872. The number of rotatable bonds is 47. The second kappa shape index (κ2) is 46.5. The average Bonchev–Trinajstić information content (AvgIpc) is 3.21. The van der Waals surface area contributed by atoms with Crippen LogP contribution in [0.3, 0.4) is 0 Å². The van der Waals surface area contributed by atoms with Crippen LogP contribution in [0, 0.1) is 5.92 Å². The maximum atomic E-state index is 12.7. The average molecular weight is 821 g/mol. The van der Waals surface area contributed by atoms with Gasteiger partial charge in [-0.3, -0.25) is 14.4 Å². The van der Waals surface area contributed by atoms with Crippen LogP contribution in [-0.2, 0) is 28.6 Å². The van der Waals surface area contributed by atoms with Gasteiger partial charge in [0.1, 0.15) is 13.2 Å². The summed E-state index contributed by atoms with van der Waals surface area (Å²) in [5.41, 5.74) is 0. The first kappa shape index (κ1) is 56.4. The second-order valence-corrected chi connectivity index (χ2v) is 18.3. The third-order valence-corrected chi connectivity index (χ3v) is 11.8. The number of hydrogen-bond donors (Lipinski definition) is 0. The molecule has 1 atom stereocenters. The van der Waals surface area contributed by atoms with Crippen molar-refractivity contribution in [1.82, 2.24) is 0 Å². The lowest BCUT2D eigenvalue weighted by molar-refractivity contribution is -0.167. The van der Waals surface area contributed by atoms with Crippen LogP contribution in [0.5, 0.6) is 0 Å². The van der Waals surface area contributed by atoms with Gasteiger partial charge in [0, 0.05) is 19.3 Å². The van der Waals surface area contributed by atoms with E-state index >= 15 is 0 Å². The van der Waals surface area contributed by atoms with Crippen molar-refractivity contribution in [1.29, 1.82) is 0 Å². The Morgan fingerprint density at radius 2 is 0.569 bits per heavy atom. The van der Waals surface area contributed by atoms with E-state index in [0.29, 0.717) is 19.3 Å². The molecular formula is C52H100O6. The van der Waals surface area contributed by atoms with Crippen molar-refractivity contribution < 1.29 is 28.6 Å². The molecule has 0 spiro atoms. The third-order valence-electron chi connectivity index (χ3n) is 11.8. The van der Waals surface area contributed by atoms with Crippen LogP contribution in [0.25, 0.3) is 0 Å². The molecule has 0 aliphatic carbocycles. The van der Waals surface area contributed by atoms with Crippen molar-refractivity contribution in [3.8, 4) is 0 Å². The topological polar surface area (TPSA) is 78.9 Å². The van der Waals surface area contributed by atoms with Crippen LogP contribution in [0.2, 0.25) is 0 Å². The fourth-order valence-electron chi connectivity index (χ4n) is 7.86. The maximum Gasteiger partial charge on any atom is 0.306 e. The van der Waals surface area contributed by atoms with Gasteiger partial charge in [-0.2, -0.15) is 0 Å². The summed E-state index contributed by atoms with van der Waals surface area (Å²) in [6.07, 6.45) is 48.0. The van der Waals surface area contributed by atoms with Crippen molar-refractivity contribution in [3.63, 3.8) is 0 Å². The quantitative estimate of drug-likeness (QED) is 0.0346. The van der Waals surface area contributed by atoms with E-state index in [1.807, 2.05) is 0 Å². The lowest BCUT2D eigenvalue weighted by Gasteiger charge is -2.18. The predicted molar refractivity (Wildman–Crippen MR) is 247 cm³/mol. The molecule has 0 saturated heterocycles. The van der Waals surface area contributed by atoms with Crippen molar-refractivity contribution in [3.05, 3.63) is 0 Å². The van der Waals surface area contributed by atoms with Gasteiger partial charge < -0.3 is 14.2 Å². The Hall–Kier alpha value is -1.59.